The van der Waals surface area contributed by atoms with Crippen LogP contribution in [0.1, 0.15) is 26.2 Å². The monoisotopic (exact) mass is 204 g/mol. The smallest absolute Gasteiger partial charge is 0.0488 e. The molecule has 0 radical (unpaired) electrons. The number of hydrazine groups is 1. The van der Waals surface area contributed by atoms with E-state index in [9.17, 15) is 0 Å². The van der Waals surface area contributed by atoms with Crippen LogP contribution in [0.15, 0.2) is 0 Å². The molecule has 0 spiro atoms. The van der Waals surface area contributed by atoms with Gasteiger partial charge in [0.1, 0.15) is 0 Å². The van der Waals surface area contributed by atoms with Gasteiger partial charge in [0.05, 0.1) is 0 Å². The van der Waals surface area contributed by atoms with Crippen molar-refractivity contribution < 1.29 is 9.47 Å². The Kier molecular flexibility index (Phi) is 9.29. The maximum atomic E-state index is 5.47. The van der Waals surface area contributed by atoms with E-state index in [4.69, 9.17) is 15.3 Å². The summed E-state index contributed by atoms with van der Waals surface area (Å²) in [6.07, 6.45) is 3.15. The van der Waals surface area contributed by atoms with Crippen LogP contribution in [-0.2, 0) is 9.47 Å². The highest BCUT2D eigenvalue weighted by atomic mass is 16.5. The molecule has 0 aromatic carbocycles. The molecule has 86 valence electrons. The number of methoxy groups -OCH3 is 2. The van der Waals surface area contributed by atoms with E-state index in [1.165, 1.54) is 0 Å². The van der Waals surface area contributed by atoms with Crippen molar-refractivity contribution in [2.45, 2.75) is 32.2 Å². The molecule has 0 aliphatic carbocycles. The van der Waals surface area contributed by atoms with E-state index in [1.807, 2.05) is 0 Å². The van der Waals surface area contributed by atoms with Crippen LogP contribution in [0.5, 0.6) is 0 Å². The number of hydrogen-bond acceptors (Lipinski definition) is 4. The molecular weight excluding hydrogens is 180 g/mol. The number of nitrogens with two attached hydrogens (primary N) is 1. The summed E-state index contributed by atoms with van der Waals surface area (Å²) in [7, 11) is 3.45. The quantitative estimate of drug-likeness (QED) is 0.333. The van der Waals surface area contributed by atoms with Crippen molar-refractivity contribution in [2.24, 2.45) is 11.8 Å². The molecule has 0 heterocycles. The summed E-state index contributed by atoms with van der Waals surface area (Å²) in [6.45, 7) is 3.77. The molecule has 0 rings (SSSR count). The first-order valence-electron chi connectivity index (χ1n) is 5.18. The lowest BCUT2D eigenvalue weighted by Gasteiger charge is -2.19. The van der Waals surface area contributed by atoms with Crippen LogP contribution in [0.25, 0.3) is 0 Å². The lowest BCUT2D eigenvalue weighted by Crippen LogP contribution is -2.37. The van der Waals surface area contributed by atoms with Crippen molar-refractivity contribution >= 4 is 0 Å². The molecule has 0 bridgehead atoms. The van der Waals surface area contributed by atoms with Gasteiger partial charge >= 0.3 is 0 Å². The fraction of sp³-hybridized carbons (Fsp3) is 1.00. The second-order valence-corrected chi connectivity index (χ2v) is 3.79. The number of ether oxygens (including phenoxy) is 2. The first-order valence-corrected chi connectivity index (χ1v) is 5.18. The Hall–Kier alpha value is -0.160. The molecule has 4 heteroatoms. The van der Waals surface area contributed by atoms with Crippen LogP contribution < -0.4 is 11.3 Å². The first-order chi connectivity index (χ1) is 6.74. The average molecular weight is 204 g/mol. The summed E-state index contributed by atoms with van der Waals surface area (Å²) >= 11 is 0. The molecule has 0 amide bonds. The van der Waals surface area contributed by atoms with Gasteiger partial charge in [-0.05, 0) is 25.2 Å². The van der Waals surface area contributed by atoms with Crippen molar-refractivity contribution in [3.63, 3.8) is 0 Å². The zero-order valence-electron chi connectivity index (χ0n) is 9.58. The van der Waals surface area contributed by atoms with Crippen LogP contribution in [-0.4, -0.2) is 33.5 Å². The molecule has 0 fully saturated rings. The van der Waals surface area contributed by atoms with Gasteiger partial charge in [-0.3, -0.25) is 11.3 Å². The zero-order valence-corrected chi connectivity index (χ0v) is 9.58. The number of nitrogens with one attached hydrogen (secondary N) is 1. The third kappa shape index (κ3) is 7.26. The predicted octanol–water partition coefficient (Wildman–Crippen LogP) is 0.918. The van der Waals surface area contributed by atoms with Crippen LogP contribution >= 0.6 is 0 Å². The molecule has 0 aromatic heterocycles. The van der Waals surface area contributed by atoms with Gasteiger partial charge in [0.2, 0.25) is 0 Å². The van der Waals surface area contributed by atoms with E-state index in [1.54, 1.807) is 14.2 Å². The second-order valence-electron chi connectivity index (χ2n) is 3.79. The molecule has 2 atom stereocenters. The molecule has 0 saturated carbocycles. The van der Waals surface area contributed by atoms with Gasteiger partial charge in [0.15, 0.2) is 0 Å². The van der Waals surface area contributed by atoms with Gasteiger partial charge in [0.25, 0.3) is 0 Å². The van der Waals surface area contributed by atoms with E-state index < -0.39 is 0 Å². The van der Waals surface area contributed by atoms with Crippen LogP contribution in [0, 0.1) is 5.92 Å². The van der Waals surface area contributed by atoms with Gasteiger partial charge in [-0.25, -0.2) is 0 Å². The van der Waals surface area contributed by atoms with Crippen LogP contribution in [0.4, 0.5) is 0 Å². The van der Waals surface area contributed by atoms with Crippen molar-refractivity contribution in [1.29, 1.82) is 0 Å². The molecule has 4 nitrogen and oxygen atoms in total. The van der Waals surface area contributed by atoms with E-state index in [2.05, 4.69) is 12.3 Å². The minimum absolute atomic E-state index is 0.371. The van der Waals surface area contributed by atoms with Crippen LogP contribution in [0.3, 0.4) is 0 Å². The number of hydrogen-bond donors (Lipinski definition) is 2. The Bertz CT molecular complexity index is 123. The standard InChI is InChI=1S/C10H24N2O2/c1-9(8-14-3)7-10(12-11)5-4-6-13-2/h9-10,12H,4-8,11H2,1-3H3. The summed E-state index contributed by atoms with van der Waals surface area (Å²) in [4.78, 5) is 0. The zero-order chi connectivity index (χ0) is 10.8. The first kappa shape index (κ1) is 13.8. The number of rotatable bonds is 9. The molecule has 0 saturated heterocycles. The minimum atomic E-state index is 0.371. The SMILES string of the molecule is COCCCC(CC(C)COC)NN. The molecule has 0 aromatic rings. The Labute approximate surface area is 87.1 Å². The highest BCUT2D eigenvalue weighted by Gasteiger charge is 2.11. The van der Waals surface area contributed by atoms with E-state index in [-0.39, 0.29) is 0 Å². The summed E-state index contributed by atoms with van der Waals surface area (Å²) in [5, 5.41) is 0. The molecule has 14 heavy (non-hydrogen) atoms. The Morgan fingerprint density at radius 2 is 2.00 bits per heavy atom. The van der Waals surface area contributed by atoms with E-state index >= 15 is 0 Å². The maximum absolute atomic E-state index is 5.47. The normalized spacial score (nSPS) is 15.4. The molecule has 2 unspecified atom stereocenters. The predicted molar refractivity (Wildman–Crippen MR) is 57.9 cm³/mol. The highest BCUT2D eigenvalue weighted by Crippen LogP contribution is 2.10. The fourth-order valence-corrected chi connectivity index (χ4v) is 1.58. The van der Waals surface area contributed by atoms with Crippen molar-refractivity contribution in [2.75, 3.05) is 27.4 Å². The second kappa shape index (κ2) is 9.40. The van der Waals surface area contributed by atoms with Crippen molar-refractivity contribution in [3.05, 3.63) is 0 Å². The fourth-order valence-electron chi connectivity index (χ4n) is 1.58. The largest absolute Gasteiger partial charge is 0.385 e. The molecule has 0 aliphatic rings. The van der Waals surface area contributed by atoms with Crippen molar-refractivity contribution in [1.82, 2.24) is 5.43 Å². The lowest BCUT2D eigenvalue weighted by molar-refractivity contribution is 0.145. The van der Waals surface area contributed by atoms with Gasteiger partial charge in [-0.15, -0.1) is 0 Å². The summed E-state index contributed by atoms with van der Waals surface area (Å²) in [6, 6.07) is 0.371. The van der Waals surface area contributed by atoms with Gasteiger partial charge in [-0.2, -0.15) is 0 Å². The summed E-state index contributed by atoms with van der Waals surface area (Å²) in [5.74, 6) is 6.01. The van der Waals surface area contributed by atoms with Crippen LogP contribution in [0.2, 0.25) is 0 Å². The van der Waals surface area contributed by atoms with Gasteiger partial charge < -0.3 is 9.47 Å². The Balaban J connectivity index is 3.55. The van der Waals surface area contributed by atoms with Crippen molar-refractivity contribution in [3.8, 4) is 0 Å². The molecular formula is C10H24N2O2. The summed E-state index contributed by atoms with van der Waals surface area (Å²) in [5.41, 5.74) is 2.84. The third-order valence-electron chi connectivity index (χ3n) is 2.27. The Morgan fingerprint density at radius 1 is 1.29 bits per heavy atom. The minimum Gasteiger partial charge on any atom is -0.385 e. The van der Waals surface area contributed by atoms with Gasteiger partial charge in [0, 0.05) is 33.5 Å². The van der Waals surface area contributed by atoms with E-state index in [0.29, 0.717) is 12.0 Å². The highest BCUT2D eigenvalue weighted by molar-refractivity contribution is 4.67. The molecule has 0 aliphatic heterocycles. The third-order valence-corrected chi connectivity index (χ3v) is 2.27. The van der Waals surface area contributed by atoms with E-state index in [0.717, 1.165) is 32.5 Å². The Morgan fingerprint density at radius 3 is 2.50 bits per heavy atom. The maximum Gasteiger partial charge on any atom is 0.0488 e. The molecule has 3 N–H and O–H groups in total. The van der Waals surface area contributed by atoms with Gasteiger partial charge in [-0.1, -0.05) is 6.92 Å². The topological polar surface area (TPSA) is 56.5 Å². The summed E-state index contributed by atoms with van der Waals surface area (Å²) < 4.78 is 10.1. The average Bonchev–Trinajstić information content (AvgIpc) is 2.17. The lowest BCUT2D eigenvalue weighted by atomic mass is 9.99.